The maximum absolute atomic E-state index is 3.63. The molecule has 3 rings (SSSR count). The summed E-state index contributed by atoms with van der Waals surface area (Å²) in [5.41, 5.74) is 3.16. The van der Waals surface area contributed by atoms with E-state index in [1.807, 2.05) is 0 Å². The van der Waals surface area contributed by atoms with Gasteiger partial charge in [-0.1, -0.05) is 67.6 Å². The second-order valence-electron chi connectivity index (χ2n) is 6.15. The van der Waals surface area contributed by atoms with E-state index in [0.717, 1.165) is 6.54 Å². The van der Waals surface area contributed by atoms with Crippen LogP contribution in [0.25, 0.3) is 0 Å². The first-order valence-corrected chi connectivity index (χ1v) is 8.19. The fraction of sp³-hybridized carbons (Fsp3) is 0.400. The van der Waals surface area contributed by atoms with Gasteiger partial charge in [0.1, 0.15) is 0 Å². The lowest BCUT2D eigenvalue weighted by Crippen LogP contribution is -2.40. The summed E-state index contributed by atoms with van der Waals surface area (Å²) in [4.78, 5) is 0. The number of benzene rings is 2. The minimum Gasteiger partial charge on any atom is -0.314 e. The number of hydrogen-bond acceptors (Lipinski definition) is 1. The van der Waals surface area contributed by atoms with Crippen LogP contribution in [0, 0.1) is 0 Å². The molecule has 1 aliphatic rings. The summed E-state index contributed by atoms with van der Waals surface area (Å²) in [5.74, 6) is 0. The van der Waals surface area contributed by atoms with Crippen molar-refractivity contribution in [3.8, 4) is 0 Å². The quantitative estimate of drug-likeness (QED) is 0.867. The van der Waals surface area contributed by atoms with Gasteiger partial charge >= 0.3 is 0 Å². The normalized spacial score (nSPS) is 18.5. The molecule has 0 unspecified atom stereocenters. The third kappa shape index (κ3) is 2.89. The highest BCUT2D eigenvalue weighted by Gasteiger charge is 2.37. The lowest BCUT2D eigenvalue weighted by atomic mass is 9.64. The van der Waals surface area contributed by atoms with Gasteiger partial charge in [0.25, 0.3) is 0 Å². The smallest absolute Gasteiger partial charge is 0.0204 e. The van der Waals surface area contributed by atoms with Crippen molar-refractivity contribution in [3.05, 3.63) is 71.8 Å². The molecule has 1 nitrogen and oxygen atoms in total. The van der Waals surface area contributed by atoms with Crippen LogP contribution in [-0.2, 0) is 5.41 Å². The summed E-state index contributed by atoms with van der Waals surface area (Å²) >= 11 is 0. The summed E-state index contributed by atoms with van der Waals surface area (Å²) < 4.78 is 0. The first-order valence-electron chi connectivity index (χ1n) is 8.19. The van der Waals surface area contributed by atoms with E-state index in [1.165, 1.54) is 36.8 Å². The first kappa shape index (κ1) is 14.3. The Bertz CT molecular complexity index is 497. The molecule has 110 valence electrons. The molecular weight excluding hydrogens is 254 g/mol. The Kier molecular flexibility index (Phi) is 4.40. The third-order valence-corrected chi connectivity index (χ3v) is 4.98. The van der Waals surface area contributed by atoms with Gasteiger partial charge < -0.3 is 5.32 Å². The molecule has 0 aliphatic heterocycles. The summed E-state index contributed by atoms with van der Waals surface area (Å²) in [6.07, 6.45) is 4.99. The zero-order chi connectivity index (χ0) is 14.5. The second kappa shape index (κ2) is 6.44. The molecule has 1 N–H and O–H groups in total. The monoisotopic (exact) mass is 279 g/mol. The minimum atomic E-state index is 0.203. The molecule has 0 heterocycles. The zero-order valence-corrected chi connectivity index (χ0v) is 12.9. The molecule has 21 heavy (non-hydrogen) atoms. The molecule has 0 radical (unpaired) electrons. The van der Waals surface area contributed by atoms with E-state index in [4.69, 9.17) is 0 Å². The molecule has 1 aliphatic carbocycles. The van der Waals surface area contributed by atoms with Crippen molar-refractivity contribution in [3.63, 3.8) is 0 Å². The van der Waals surface area contributed by atoms with Crippen molar-refractivity contribution in [2.75, 3.05) is 6.54 Å². The Hall–Kier alpha value is -1.60. The highest BCUT2D eigenvalue weighted by molar-refractivity contribution is 5.39. The molecule has 2 aromatic rings. The van der Waals surface area contributed by atoms with E-state index in [-0.39, 0.29) is 5.41 Å². The molecule has 0 aromatic heterocycles. The molecular formula is C20H25N. The minimum absolute atomic E-state index is 0.203. The summed E-state index contributed by atoms with van der Waals surface area (Å²) in [6.45, 7) is 3.28. The van der Waals surface area contributed by atoms with E-state index >= 15 is 0 Å². The number of nitrogens with one attached hydrogen (secondary N) is 1. The van der Waals surface area contributed by atoms with Gasteiger partial charge in [-0.25, -0.2) is 0 Å². The zero-order valence-electron chi connectivity index (χ0n) is 12.9. The van der Waals surface area contributed by atoms with Crippen molar-refractivity contribution in [1.82, 2.24) is 5.32 Å². The fourth-order valence-corrected chi connectivity index (χ4v) is 3.86. The second-order valence-corrected chi connectivity index (χ2v) is 6.15. The Balaban J connectivity index is 1.94. The van der Waals surface area contributed by atoms with Gasteiger partial charge in [-0.3, -0.25) is 0 Å². The van der Waals surface area contributed by atoms with Gasteiger partial charge in [0.2, 0.25) is 0 Å². The fourth-order valence-electron chi connectivity index (χ4n) is 3.86. The summed E-state index contributed by atoms with van der Waals surface area (Å²) in [7, 11) is 0. The molecule has 0 atom stereocenters. The van der Waals surface area contributed by atoms with Crippen molar-refractivity contribution >= 4 is 0 Å². The standard InChI is InChI=1S/C20H25N/c1-2-21-19-13-15-20(16-14-19,17-9-5-3-6-10-17)18-11-7-4-8-12-18/h3-12,19,21H,2,13-16H2,1H3. The van der Waals surface area contributed by atoms with Crippen molar-refractivity contribution in [2.45, 2.75) is 44.1 Å². The Labute approximate surface area is 128 Å². The SMILES string of the molecule is CCNC1CCC(c2ccccc2)(c2ccccc2)CC1. The van der Waals surface area contributed by atoms with Crippen molar-refractivity contribution in [1.29, 1.82) is 0 Å². The van der Waals surface area contributed by atoms with E-state index in [9.17, 15) is 0 Å². The van der Waals surface area contributed by atoms with Gasteiger partial charge in [-0.15, -0.1) is 0 Å². The molecule has 1 heteroatoms. The van der Waals surface area contributed by atoms with Gasteiger partial charge in [0.05, 0.1) is 0 Å². The van der Waals surface area contributed by atoms with Crippen LogP contribution in [0.5, 0.6) is 0 Å². The van der Waals surface area contributed by atoms with Crippen LogP contribution in [0.3, 0.4) is 0 Å². The highest BCUT2D eigenvalue weighted by Crippen LogP contribution is 2.44. The van der Waals surface area contributed by atoms with Crippen LogP contribution in [0.15, 0.2) is 60.7 Å². The van der Waals surface area contributed by atoms with E-state index in [0.29, 0.717) is 6.04 Å². The van der Waals surface area contributed by atoms with E-state index in [1.54, 1.807) is 0 Å². The Morgan fingerprint density at radius 2 is 1.33 bits per heavy atom. The molecule has 0 amide bonds. The van der Waals surface area contributed by atoms with Gasteiger partial charge in [-0.05, 0) is 43.4 Å². The van der Waals surface area contributed by atoms with E-state index < -0.39 is 0 Å². The Morgan fingerprint density at radius 1 is 0.857 bits per heavy atom. The number of hydrogen-bond donors (Lipinski definition) is 1. The third-order valence-electron chi connectivity index (χ3n) is 4.98. The van der Waals surface area contributed by atoms with Crippen LogP contribution < -0.4 is 5.32 Å². The van der Waals surface area contributed by atoms with Crippen LogP contribution in [0.2, 0.25) is 0 Å². The van der Waals surface area contributed by atoms with Gasteiger partial charge in [-0.2, -0.15) is 0 Å². The molecule has 0 spiro atoms. The molecule has 2 aromatic carbocycles. The van der Waals surface area contributed by atoms with Crippen LogP contribution in [0.4, 0.5) is 0 Å². The molecule has 0 saturated heterocycles. The van der Waals surface area contributed by atoms with Crippen molar-refractivity contribution < 1.29 is 0 Å². The van der Waals surface area contributed by atoms with Crippen molar-refractivity contribution in [2.24, 2.45) is 0 Å². The average molecular weight is 279 g/mol. The maximum Gasteiger partial charge on any atom is 0.0204 e. The Morgan fingerprint density at radius 3 is 1.76 bits per heavy atom. The van der Waals surface area contributed by atoms with E-state index in [2.05, 4.69) is 72.9 Å². The van der Waals surface area contributed by atoms with Crippen LogP contribution in [-0.4, -0.2) is 12.6 Å². The predicted molar refractivity (Wildman–Crippen MR) is 89.6 cm³/mol. The number of rotatable bonds is 4. The van der Waals surface area contributed by atoms with Crippen LogP contribution >= 0.6 is 0 Å². The topological polar surface area (TPSA) is 12.0 Å². The summed E-state index contributed by atoms with van der Waals surface area (Å²) in [6, 6.07) is 22.9. The first-order chi connectivity index (χ1) is 10.3. The summed E-state index contributed by atoms with van der Waals surface area (Å²) in [5, 5.41) is 3.63. The van der Waals surface area contributed by atoms with Gasteiger partial charge in [0.15, 0.2) is 0 Å². The highest BCUT2D eigenvalue weighted by atomic mass is 14.9. The lowest BCUT2D eigenvalue weighted by molar-refractivity contribution is 0.285. The maximum atomic E-state index is 3.63. The molecule has 0 bridgehead atoms. The molecule has 1 saturated carbocycles. The predicted octanol–water partition coefficient (Wildman–Crippen LogP) is 4.52. The largest absolute Gasteiger partial charge is 0.314 e. The lowest BCUT2D eigenvalue weighted by Gasteiger charge is -2.41. The molecule has 1 fully saturated rings. The van der Waals surface area contributed by atoms with Crippen LogP contribution in [0.1, 0.15) is 43.7 Å². The van der Waals surface area contributed by atoms with Gasteiger partial charge in [0, 0.05) is 11.5 Å². The average Bonchev–Trinajstić information content (AvgIpc) is 2.58.